The van der Waals surface area contributed by atoms with Crippen LogP contribution in [0.25, 0.3) is 11.1 Å². The zero-order valence-corrected chi connectivity index (χ0v) is 18.4. The molecular formula is C26H22F4N2O2. The lowest BCUT2D eigenvalue weighted by atomic mass is 9.97. The number of benzene rings is 3. The van der Waals surface area contributed by atoms with Crippen LogP contribution in [0, 0.1) is 5.82 Å². The fourth-order valence-corrected chi connectivity index (χ4v) is 4.06. The van der Waals surface area contributed by atoms with E-state index in [9.17, 15) is 27.2 Å². The van der Waals surface area contributed by atoms with Gasteiger partial charge in [-0.05, 0) is 54.4 Å². The highest BCUT2D eigenvalue weighted by Gasteiger charge is 2.30. The SMILES string of the molecule is CC(=O)c1ccc(N2CCN(C(=O)c3ccccc3-c3ccc(C(F)(F)F)cc3)CC2)c(F)c1. The van der Waals surface area contributed by atoms with E-state index in [0.29, 0.717) is 54.1 Å². The number of piperazine rings is 1. The molecule has 34 heavy (non-hydrogen) atoms. The van der Waals surface area contributed by atoms with E-state index in [2.05, 4.69) is 0 Å². The highest BCUT2D eigenvalue weighted by Crippen LogP contribution is 2.32. The van der Waals surface area contributed by atoms with Gasteiger partial charge in [-0.15, -0.1) is 0 Å². The second-order valence-electron chi connectivity index (χ2n) is 8.12. The van der Waals surface area contributed by atoms with E-state index in [-0.39, 0.29) is 11.7 Å². The summed E-state index contributed by atoms with van der Waals surface area (Å²) < 4.78 is 53.2. The molecule has 0 aromatic heterocycles. The summed E-state index contributed by atoms with van der Waals surface area (Å²) in [5.41, 5.74) is 1.39. The van der Waals surface area contributed by atoms with Gasteiger partial charge in [0, 0.05) is 37.3 Å². The standard InChI is InChI=1S/C26H22F4N2O2/c1-17(33)19-8-11-24(23(27)16-19)31-12-14-32(15-13-31)25(34)22-5-3-2-4-21(22)18-6-9-20(10-7-18)26(28,29)30/h2-11,16H,12-15H2,1H3. The Hall–Kier alpha value is -3.68. The van der Waals surface area contributed by atoms with E-state index in [0.717, 1.165) is 12.1 Å². The average molecular weight is 470 g/mol. The van der Waals surface area contributed by atoms with Crippen LogP contribution in [0.1, 0.15) is 33.2 Å². The molecule has 1 heterocycles. The lowest BCUT2D eigenvalue weighted by molar-refractivity contribution is -0.137. The van der Waals surface area contributed by atoms with Crippen molar-refractivity contribution in [2.45, 2.75) is 13.1 Å². The van der Waals surface area contributed by atoms with Crippen LogP contribution >= 0.6 is 0 Å². The number of rotatable bonds is 4. The summed E-state index contributed by atoms with van der Waals surface area (Å²) in [6.07, 6.45) is -4.43. The number of carbonyl (C=O) groups excluding carboxylic acids is 2. The summed E-state index contributed by atoms with van der Waals surface area (Å²) in [6, 6.07) is 15.9. The molecule has 1 saturated heterocycles. The van der Waals surface area contributed by atoms with Crippen LogP contribution in [0.2, 0.25) is 0 Å². The van der Waals surface area contributed by atoms with Crippen LogP contribution < -0.4 is 4.90 Å². The number of amides is 1. The molecule has 0 radical (unpaired) electrons. The highest BCUT2D eigenvalue weighted by molar-refractivity contribution is 6.01. The zero-order chi connectivity index (χ0) is 24.5. The molecule has 176 valence electrons. The molecule has 1 aliphatic rings. The van der Waals surface area contributed by atoms with Gasteiger partial charge in [-0.1, -0.05) is 30.3 Å². The fraction of sp³-hybridized carbons (Fsp3) is 0.231. The molecule has 4 nitrogen and oxygen atoms in total. The van der Waals surface area contributed by atoms with E-state index in [4.69, 9.17) is 0 Å². The topological polar surface area (TPSA) is 40.6 Å². The van der Waals surface area contributed by atoms with Crippen molar-refractivity contribution in [1.29, 1.82) is 0 Å². The predicted molar refractivity (Wildman–Crippen MR) is 121 cm³/mol. The Kier molecular flexibility index (Phi) is 6.41. The van der Waals surface area contributed by atoms with Crippen LogP contribution in [-0.2, 0) is 6.18 Å². The molecule has 0 spiro atoms. The summed E-state index contributed by atoms with van der Waals surface area (Å²) in [4.78, 5) is 28.2. The third-order valence-corrected chi connectivity index (χ3v) is 5.94. The number of hydrogen-bond acceptors (Lipinski definition) is 3. The molecule has 0 saturated carbocycles. The number of alkyl halides is 3. The zero-order valence-electron chi connectivity index (χ0n) is 18.4. The van der Waals surface area contributed by atoms with Crippen molar-refractivity contribution in [3.05, 3.63) is 89.2 Å². The van der Waals surface area contributed by atoms with Crippen molar-refractivity contribution in [3.8, 4) is 11.1 Å². The summed E-state index contributed by atoms with van der Waals surface area (Å²) >= 11 is 0. The van der Waals surface area contributed by atoms with Gasteiger partial charge < -0.3 is 9.80 Å². The maximum absolute atomic E-state index is 14.5. The lowest BCUT2D eigenvalue weighted by Gasteiger charge is -2.36. The predicted octanol–water partition coefficient (Wildman–Crippen LogP) is 5.68. The van der Waals surface area contributed by atoms with E-state index < -0.39 is 17.6 Å². The maximum atomic E-state index is 14.5. The van der Waals surface area contributed by atoms with Crippen LogP contribution in [-0.4, -0.2) is 42.8 Å². The Morgan fingerprint density at radius 1 is 0.853 bits per heavy atom. The summed E-state index contributed by atoms with van der Waals surface area (Å²) in [5.74, 6) is -0.935. The third kappa shape index (κ3) is 4.81. The number of ketones is 1. The number of carbonyl (C=O) groups is 2. The Labute approximate surface area is 194 Å². The molecule has 1 amide bonds. The largest absolute Gasteiger partial charge is 0.416 e. The van der Waals surface area contributed by atoms with Crippen LogP contribution in [0.3, 0.4) is 0 Å². The van der Waals surface area contributed by atoms with E-state index in [1.54, 1.807) is 41.3 Å². The normalized spacial score (nSPS) is 14.3. The second-order valence-corrected chi connectivity index (χ2v) is 8.12. The first kappa shape index (κ1) is 23.5. The van der Waals surface area contributed by atoms with Gasteiger partial charge in [0.05, 0.1) is 11.3 Å². The minimum absolute atomic E-state index is 0.215. The number of Topliss-reactive ketones (excluding diaryl/α,β-unsaturated/α-hetero) is 1. The molecule has 1 fully saturated rings. The van der Waals surface area contributed by atoms with Crippen molar-refractivity contribution in [1.82, 2.24) is 4.90 Å². The number of anilines is 1. The van der Waals surface area contributed by atoms with Gasteiger partial charge in [0.25, 0.3) is 5.91 Å². The minimum Gasteiger partial charge on any atom is -0.366 e. The Morgan fingerprint density at radius 2 is 1.50 bits per heavy atom. The lowest BCUT2D eigenvalue weighted by Crippen LogP contribution is -2.49. The van der Waals surface area contributed by atoms with E-state index >= 15 is 0 Å². The molecule has 4 rings (SSSR count). The van der Waals surface area contributed by atoms with Crippen molar-refractivity contribution in [2.24, 2.45) is 0 Å². The Morgan fingerprint density at radius 3 is 2.09 bits per heavy atom. The van der Waals surface area contributed by atoms with Crippen LogP contribution in [0.15, 0.2) is 66.7 Å². The van der Waals surface area contributed by atoms with Crippen LogP contribution in [0.4, 0.5) is 23.2 Å². The van der Waals surface area contributed by atoms with E-state index in [1.165, 1.54) is 25.1 Å². The maximum Gasteiger partial charge on any atom is 0.416 e. The monoisotopic (exact) mass is 470 g/mol. The van der Waals surface area contributed by atoms with E-state index in [1.807, 2.05) is 4.90 Å². The number of nitrogens with zero attached hydrogens (tertiary/aromatic N) is 2. The van der Waals surface area contributed by atoms with Crippen LogP contribution in [0.5, 0.6) is 0 Å². The first-order chi connectivity index (χ1) is 16.1. The molecule has 0 unspecified atom stereocenters. The van der Waals surface area contributed by atoms with Crippen molar-refractivity contribution in [2.75, 3.05) is 31.1 Å². The fourth-order valence-electron chi connectivity index (χ4n) is 4.06. The van der Waals surface area contributed by atoms with Gasteiger partial charge in [0.15, 0.2) is 5.78 Å². The quantitative estimate of drug-likeness (QED) is 0.364. The van der Waals surface area contributed by atoms with Crippen molar-refractivity contribution < 1.29 is 27.2 Å². The Bertz CT molecular complexity index is 1210. The smallest absolute Gasteiger partial charge is 0.366 e. The third-order valence-electron chi connectivity index (χ3n) is 5.94. The molecule has 0 atom stereocenters. The molecule has 3 aromatic rings. The van der Waals surface area contributed by atoms with Gasteiger partial charge in [-0.25, -0.2) is 4.39 Å². The molecule has 0 N–H and O–H groups in total. The number of halogens is 4. The second kappa shape index (κ2) is 9.29. The summed E-state index contributed by atoms with van der Waals surface area (Å²) in [5, 5.41) is 0. The molecule has 1 aliphatic heterocycles. The first-order valence-electron chi connectivity index (χ1n) is 10.8. The number of hydrogen-bond donors (Lipinski definition) is 0. The molecule has 3 aromatic carbocycles. The van der Waals surface area contributed by atoms with Gasteiger partial charge in [-0.2, -0.15) is 13.2 Å². The van der Waals surface area contributed by atoms with Crippen molar-refractivity contribution >= 4 is 17.4 Å². The van der Waals surface area contributed by atoms with Gasteiger partial charge in [0.2, 0.25) is 0 Å². The molecule has 8 heteroatoms. The van der Waals surface area contributed by atoms with Crippen molar-refractivity contribution in [3.63, 3.8) is 0 Å². The van der Waals surface area contributed by atoms with Gasteiger partial charge in [-0.3, -0.25) is 9.59 Å². The summed E-state index contributed by atoms with van der Waals surface area (Å²) in [7, 11) is 0. The summed E-state index contributed by atoms with van der Waals surface area (Å²) in [6.45, 7) is 2.90. The van der Waals surface area contributed by atoms with Gasteiger partial charge >= 0.3 is 6.18 Å². The van der Waals surface area contributed by atoms with Gasteiger partial charge in [0.1, 0.15) is 5.82 Å². The highest BCUT2D eigenvalue weighted by atomic mass is 19.4. The molecule has 0 aliphatic carbocycles. The first-order valence-corrected chi connectivity index (χ1v) is 10.8. The molecule has 0 bridgehead atoms. The average Bonchev–Trinajstić information content (AvgIpc) is 2.83. The minimum atomic E-state index is -4.43. The Balaban J connectivity index is 1.50. The molecular weight excluding hydrogens is 448 g/mol.